The van der Waals surface area contributed by atoms with E-state index in [4.69, 9.17) is 5.73 Å². The quantitative estimate of drug-likeness (QED) is 0.845. The first-order valence-electron chi connectivity index (χ1n) is 6.13. The van der Waals surface area contributed by atoms with E-state index < -0.39 is 5.54 Å². The Morgan fingerprint density at radius 2 is 2.22 bits per heavy atom. The van der Waals surface area contributed by atoms with Crippen LogP contribution in [-0.2, 0) is 4.79 Å². The van der Waals surface area contributed by atoms with Crippen LogP contribution in [0, 0.1) is 6.92 Å². The number of hydrogen-bond donors (Lipinski definition) is 2. The highest BCUT2D eigenvalue weighted by Gasteiger charge is 2.39. The van der Waals surface area contributed by atoms with Crippen LogP contribution in [-0.4, -0.2) is 29.5 Å². The predicted molar refractivity (Wildman–Crippen MR) is 73.9 cm³/mol. The molecule has 1 atom stereocenters. The Morgan fingerprint density at radius 1 is 1.56 bits per heavy atom. The lowest BCUT2D eigenvalue weighted by Crippen LogP contribution is -2.62. The van der Waals surface area contributed by atoms with Gasteiger partial charge in [-0.15, -0.1) is 0 Å². The molecular formula is C12H20N4OS. The molecule has 0 bridgehead atoms. The van der Waals surface area contributed by atoms with Crippen LogP contribution < -0.4 is 16.0 Å². The minimum atomic E-state index is -0.558. The van der Waals surface area contributed by atoms with Gasteiger partial charge in [0.05, 0.1) is 5.69 Å². The number of nitrogens with one attached hydrogen (secondary N) is 1. The molecule has 1 saturated heterocycles. The van der Waals surface area contributed by atoms with Crippen molar-refractivity contribution in [3.63, 3.8) is 0 Å². The van der Waals surface area contributed by atoms with Crippen LogP contribution in [0.3, 0.4) is 0 Å². The molecule has 100 valence electrons. The van der Waals surface area contributed by atoms with Crippen molar-refractivity contribution in [1.29, 1.82) is 0 Å². The number of piperazine rings is 1. The third-order valence-corrected chi connectivity index (χ3v) is 4.70. The molecule has 5 nitrogen and oxygen atoms in total. The van der Waals surface area contributed by atoms with E-state index in [-0.39, 0.29) is 11.9 Å². The zero-order valence-electron chi connectivity index (χ0n) is 11.3. The molecule has 18 heavy (non-hydrogen) atoms. The van der Waals surface area contributed by atoms with E-state index in [0.29, 0.717) is 6.54 Å². The first-order chi connectivity index (χ1) is 8.34. The van der Waals surface area contributed by atoms with Gasteiger partial charge in [0, 0.05) is 24.0 Å². The van der Waals surface area contributed by atoms with E-state index >= 15 is 0 Å². The summed E-state index contributed by atoms with van der Waals surface area (Å²) in [6.45, 7) is 9.21. The molecule has 1 aromatic rings. The molecule has 2 rings (SSSR count). The first kappa shape index (κ1) is 13.3. The molecule has 1 aliphatic rings. The summed E-state index contributed by atoms with van der Waals surface area (Å²) in [6.07, 6.45) is 0. The van der Waals surface area contributed by atoms with E-state index in [0.717, 1.165) is 22.2 Å². The second kappa shape index (κ2) is 4.51. The number of carbonyl (C=O) groups is 1. The molecule has 3 N–H and O–H groups in total. The number of hydrogen-bond acceptors (Lipinski definition) is 5. The van der Waals surface area contributed by atoms with Gasteiger partial charge in [0.1, 0.15) is 5.54 Å². The van der Waals surface area contributed by atoms with Gasteiger partial charge in [0.25, 0.3) is 0 Å². The topological polar surface area (TPSA) is 71.2 Å². The van der Waals surface area contributed by atoms with Gasteiger partial charge in [0.2, 0.25) is 5.91 Å². The van der Waals surface area contributed by atoms with Gasteiger partial charge >= 0.3 is 0 Å². The Labute approximate surface area is 111 Å². The fourth-order valence-corrected chi connectivity index (χ4v) is 3.35. The number of amides is 1. The van der Waals surface area contributed by atoms with E-state index in [2.05, 4.69) is 15.2 Å². The largest absolute Gasteiger partial charge is 0.352 e. The monoisotopic (exact) mass is 268 g/mol. The molecule has 6 heteroatoms. The maximum atomic E-state index is 11.9. The molecule has 2 heterocycles. The van der Waals surface area contributed by atoms with Gasteiger partial charge in [-0.2, -0.15) is 0 Å². The Morgan fingerprint density at radius 3 is 2.78 bits per heavy atom. The number of nitrogens with zero attached hydrogens (tertiary/aromatic N) is 2. The lowest BCUT2D eigenvalue weighted by atomic mass is 10.00. The van der Waals surface area contributed by atoms with E-state index in [9.17, 15) is 4.79 Å². The molecule has 1 aliphatic heterocycles. The van der Waals surface area contributed by atoms with Gasteiger partial charge < -0.3 is 16.0 Å². The number of aryl methyl sites for hydroxylation is 1. The van der Waals surface area contributed by atoms with Crippen LogP contribution in [0.2, 0.25) is 0 Å². The van der Waals surface area contributed by atoms with E-state index in [1.165, 1.54) is 0 Å². The highest BCUT2D eigenvalue weighted by Crippen LogP contribution is 2.34. The molecule has 0 aromatic carbocycles. The number of aromatic nitrogens is 1. The maximum absolute atomic E-state index is 11.9. The predicted octanol–water partition coefficient (Wildman–Crippen LogP) is 1.19. The van der Waals surface area contributed by atoms with Crippen molar-refractivity contribution < 1.29 is 4.79 Å². The fraction of sp³-hybridized carbons (Fsp3) is 0.667. The summed E-state index contributed by atoms with van der Waals surface area (Å²) >= 11 is 1.59. The summed E-state index contributed by atoms with van der Waals surface area (Å²) in [5.74, 6) is 0.0453. The average Bonchev–Trinajstić information content (AvgIpc) is 2.64. The minimum absolute atomic E-state index is 0.0158. The minimum Gasteiger partial charge on any atom is -0.352 e. The molecule has 0 saturated carbocycles. The lowest BCUT2D eigenvalue weighted by molar-refractivity contribution is -0.126. The second-order valence-corrected chi connectivity index (χ2v) is 6.21. The van der Waals surface area contributed by atoms with Gasteiger partial charge in [-0.05, 0) is 27.7 Å². The standard InChI is InChI=1S/C12H20N4OS/c1-7(13)9-8(2)15-11(18-9)16-6-5-14-10(17)12(16,3)4/h7H,5-6,13H2,1-4H3,(H,14,17). The second-order valence-electron chi connectivity index (χ2n) is 5.20. The number of rotatable bonds is 2. The Balaban J connectivity index is 2.36. The van der Waals surface area contributed by atoms with Gasteiger partial charge in [-0.3, -0.25) is 4.79 Å². The third kappa shape index (κ3) is 2.10. The smallest absolute Gasteiger partial charge is 0.245 e. The fourth-order valence-electron chi connectivity index (χ4n) is 2.17. The summed E-state index contributed by atoms with van der Waals surface area (Å²) in [5.41, 5.74) is 6.33. The summed E-state index contributed by atoms with van der Waals surface area (Å²) in [7, 11) is 0. The summed E-state index contributed by atoms with van der Waals surface area (Å²) < 4.78 is 0. The summed E-state index contributed by atoms with van der Waals surface area (Å²) in [5, 5.41) is 3.78. The van der Waals surface area contributed by atoms with Crippen LogP contribution in [0.15, 0.2) is 0 Å². The van der Waals surface area contributed by atoms with Crippen LogP contribution in [0.5, 0.6) is 0 Å². The molecule has 0 spiro atoms. The molecular weight excluding hydrogens is 248 g/mol. The number of thiazole rings is 1. The Hall–Kier alpha value is -1.14. The molecule has 1 unspecified atom stereocenters. The van der Waals surface area contributed by atoms with Crippen LogP contribution in [0.25, 0.3) is 0 Å². The average molecular weight is 268 g/mol. The van der Waals surface area contributed by atoms with Crippen molar-refractivity contribution >= 4 is 22.4 Å². The Kier molecular flexibility index (Phi) is 3.33. The highest BCUT2D eigenvalue weighted by molar-refractivity contribution is 7.15. The van der Waals surface area contributed by atoms with Gasteiger partial charge in [-0.1, -0.05) is 11.3 Å². The molecule has 1 amide bonds. The number of nitrogens with two attached hydrogens (primary N) is 1. The van der Waals surface area contributed by atoms with Crippen molar-refractivity contribution in [3.05, 3.63) is 10.6 Å². The molecule has 0 aliphatic carbocycles. The van der Waals surface area contributed by atoms with E-state index in [1.807, 2.05) is 27.7 Å². The van der Waals surface area contributed by atoms with Crippen molar-refractivity contribution in [2.45, 2.75) is 39.3 Å². The molecule has 1 aromatic heterocycles. The van der Waals surface area contributed by atoms with Crippen LogP contribution in [0.4, 0.5) is 5.13 Å². The highest BCUT2D eigenvalue weighted by atomic mass is 32.1. The van der Waals surface area contributed by atoms with Crippen molar-refractivity contribution in [3.8, 4) is 0 Å². The van der Waals surface area contributed by atoms with Crippen molar-refractivity contribution in [2.24, 2.45) is 5.73 Å². The number of carbonyl (C=O) groups excluding carboxylic acids is 1. The maximum Gasteiger partial charge on any atom is 0.245 e. The third-order valence-electron chi connectivity index (χ3n) is 3.32. The van der Waals surface area contributed by atoms with Crippen molar-refractivity contribution in [1.82, 2.24) is 10.3 Å². The zero-order chi connectivity index (χ0) is 13.5. The lowest BCUT2D eigenvalue weighted by Gasteiger charge is -2.41. The summed E-state index contributed by atoms with van der Waals surface area (Å²) in [6, 6.07) is -0.0158. The van der Waals surface area contributed by atoms with Crippen molar-refractivity contribution in [2.75, 3.05) is 18.0 Å². The van der Waals surface area contributed by atoms with Gasteiger partial charge in [-0.25, -0.2) is 4.98 Å². The SMILES string of the molecule is Cc1nc(N2CCNC(=O)C2(C)C)sc1C(C)N. The van der Waals surface area contributed by atoms with Crippen LogP contribution in [0.1, 0.15) is 37.4 Å². The molecule has 1 fully saturated rings. The zero-order valence-corrected chi connectivity index (χ0v) is 12.1. The van der Waals surface area contributed by atoms with Gasteiger partial charge in [0.15, 0.2) is 5.13 Å². The summed E-state index contributed by atoms with van der Waals surface area (Å²) in [4.78, 5) is 19.6. The van der Waals surface area contributed by atoms with E-state index in [1.54, 1.807) is 11.3 Å². The first-order valence-corrected chi connectivity index (χ1v) is 6.94. The van der Waals surface area contributed by atoms with Crippen LogP contribution >= 0.6 is 11.3 Å². The Bertz CT molecular complexity index is 467. The molecule has 0 radical (unpaired) electrons. The number of anilines is 1. The normalized spacial score (nSPS) is 20.7.